The molecular formula is C17H21NO5. The molecule has 0 aromatic heterocycles. The molecule has 6 heteroatoms. The fourth-order valence-electron chi connectivity index (χ4n) is 2.86. The van der Waals surface area contributed by atoms with Crippen LogP contribution in [0.25, 0.3) is 0 Å². The van der Waals surface area contributed by atoms with Crippen LogP contribution in [0.15, 0.2) is 30.3 Å². The van der Waals surface area contributed by atoms with E-state index in [-0.39, 0.29) is 12.3 Å². The molecule has 1 aromatic carbocycles. The number of rotatable bonds is 4. The van der Waals surface area contributed by atoms with Crippen molar-refractivity contribution in [2.24, 2.45) is 5.41 Å². The Balaban J connectivity index is 2.02. The van der Waals surface area contributed by atoms with Crippen molar-refractivity contribution in [2.75, 3.05) is 13.7 Å². The fourth-order valence-corrected chi connectivity index (χ4v) is 2.86. The largest absolute Gasteiger partial charge is 0.515 e. The van der Waals surface area contributed by atoms with Crippen molar-refractivity contribution in [3.63, 3.8) is 0 Å². The lowest BCUT2D eigenvalue weighted by atomic mass is 9.78. The molecule has 1 aliphatic heterocycles. The van der Waals surface area contributed by atoms with Crippen LogP contribution < -0.4 is 0 Å². The van der Waals surface area contributed by atoms with Gasteiger partial charge in [0.1, 0.15) is 0 Å². The van der Waals surface area contributed by atoms with Gasteiger partial charge in [0, 0.05) is 13.1 Å². The molecule has 1 aromatic rings. The van der Waals surface area contributed by atoms with Gasteiger partial charge < -0.3 is 14.4 Å². The second-order valence-corrected chi connectivity index (χ2v) is 5.98. The van der Waals surface area contributed by atoms with Gasteiger partial charge in [-0.15, -0.1) is 0 Å². The number of carbonyl (C=O) groups is 3. The Labute approximate surface area is 135 Å². The first kappa shape index (κ1) is 17.0. The molecule has 1 saturated heterocycles. The lowest BCUT2D eigenvalue weighted by Gasteiger charge is -2.38. The lowest BCUT2D eigenvalue weighted by molar-refractivity contribution is -0.154. The van der Waals surface area contributed by atoms with E-state index in [4.69, 9.17) is 0 Å². The molecule has 0 spiro atoms. The molecule has 0 saturated carbocycles. The highest BCUT2D eigenvalue weighted by atomic mass is 16.7. The zero-order valence-electron chi connectivity index (χ0n) is 13.4. The fraction of sp³-hybridized carbons (Fsp3) is 0.471. The second-order valence-electron chi connectivity index (χ2n) is 5.98. The summed E-state index contributed by atoms with van der Waals surface area (Å²) in [5.74, 6) is -0.830. The number of carbonyl (C=O) groups excluding carboxylic acids is 3. The van der Waals surface area contributed by atoms with E-state index in [1.54, 1.807) is 11.8 Å². The standard InChI is InChI=1S/C17H21NO5/c1-17(11-14(19)23-16(21)22-2)9-6-10-18(15(17)20)12-13-7-4-3-5-8-13/h3-5,7-8H,6,9-12H2,1-2H3. The molecule has 1 heterocycles. The van der Waals surface area contributed by atoms with Crippen molar-refractivity contribution in [1.29, 1.82) is 0 Å². The Morgan fingerprint density at radius 1 is 1.26 bits per heavy atom. The first-order chi connectivity index (χ1) is 10.9. The first-order valence-electron chi connectivity index (χ1n) is 7.56. The van der Waals surface area contributed by atoms with E-state index in [9.17, 15) is 14.4 Å². The SMILES string of the molecule is COC(=O)OC(=O)CC1(C)CCCN(Cc2ccccc2)C1=O. The van der Waals surface area contributed by atoms with E-state index < -0.39 is 17.5 Å². The summed E-state index contributed by atoms with van der Waals surface area (Å²) >= 11 is 0. The minimum absolute atomic E-state index is 0.0885. The number of nitrogens with zero attached hydrogens (tertiary/aromatic N) is 1. The molecule has 1 fully saturated rings. The van der Waals surface area contributed by atoms with Crippen LogP contribution in [-0.2, 0) is 25.6 Å². The van der Waals surface area contributed by atoms with Crippen molar-refractivity contribution >= 4 is 18.0 Å². The van der Waals surface area contributed by atoms with Crippen molar-refractivity contribution in [2.45, 2.75) is 32.7 Å². The molecule has 1 aliphatic rings. The molecule has 0 bridgehead atoms. The third-order valence-corrected chi connectivity index (χ3v) is 4.07. The van der Waals surface area contributed by atoms with Crippen LogP contribution >= 0.6 is 0 Å². The average molecular weight is 319 g/mol. The highest BCUT2D eigenvalue weighted by Crippen LogP contribution is 2.35. The third kappa shape index (κ3) is 4.31. The molecule has 124 valence electrons. The van der Waals surface area contributed by atoms with Gasteiger partial charge in [-0.1, -0.05) is 37.3 Å². The Morgan fingerprint density at radius 2 is 1.96 bits per heavy atom. The van der Waals surface area contributed by atoms with E-state index in [1.165, 1.54) is 0 Å². The summed E-state index contributed by atoms with van der Waals surface area (Å²) in [6.45, 7) is 2.92. The van der Waals surface area contributed by atoms with Crippen LogP contribution in [0.1, 0.15) is 31.7 Å². The average Bonchev–Trinajstić information content (AvgIpc) is 2.52. The predicted octanol–water partition coefficient (Wildman–Crippen LogP) is 2.52. The number of ether oxygens (including phenoxy) is 2. The molecule has 6 nitrogen and oxygen atoms in total. The maximum Gasteiger partial charge on any atom is 0.515 e. The Morgan fingerprint density at radius 3 is 2.61 bits per heavy atom. The van der Waals surface area contributed by atoms with Gasteiger partial charge in [-0.25, -0.2) is 4.79 Å². The van der Waals surface area contributed by atoms with Gasteiger partial charge in [-0.2, -0.15) is 0 Å². The molecule has 0 N–H and O–H groups in total. The number of likely N-dealkylation sites (tertiary alicyclic amines) is 1. The van der Waals surface area contributed by atoms with Crippen molar-refractivity contribution in [3.05, 3.63) is 35.9 Å². The summed E-state index contributed by atoms with van der Waals surface area (Å²) in [5.41, 5.74) is 0.195. The summed E-state index contributed by atoms with van der Waals surface area (Å²) in [6, 6.07) is 9.71. The molecule has 23 heavy (non-hydrogen) atoms. The second kappa shape index (κ2) is 7.26. The van der Waals surface area contributed by atoms with Gasteiger partial charge in [-0.3, -0.25) is 9.59 Å². The van der Waals surface area contributed by atoms with Crippen LogP contribution in [0.5, 0.6) is 0 Å². The van der Waals surface area contributed by atoms with E-state index in [1.807, 2.05) is 30.3 Å². The van der Waals surface area contributed by atoms with Gasteiger partial charge in [0.15, 0.2) is 0 Å². The Hall–Kier alpha value is -2.37. The Kier molecular flexibility index (Phi) is 5.36. The number of methoxy groups -OCH3 is 1. The van der Waals surface area contributed by atoms with Gasteiger partial charge in [0.2, 0.25) is 5.91 Å². The molecule has 1 amide bonds. The number of benzene rings is 1. The maximum absolute atomic E-state index is 12.7. The predicted molar refractivity (Wildman–Crippen MR) is 82.3 cm³/mol. The summed E-state index contributed by atoms with van der Waals surface area (Å²) in [5, 5.41) is 0. The highest BCUT2D eigenvalue weighted by molar-refractivity contribution is 5.90. The third-order valence-electron chi connectivity index (χ3n) is 4.07. The van der Waals surface area contributed by atoms with E-state index >= 15 is 0 Å². The van der Waals surface area contributed by atoms with Crippen molar-refractivity contribution < 1.29 is 23.9 Å². The topological polar surface area (TPSA) is 72.9 Å². The molecule has 2 rings (SSSR count). The highest BCUT2D eigenvalue weighted by Gasteiger charge is 2.42. The van der Waals surface area contributed by atoms with Crippen LogP contribution in [0.4, 0.5) is 4.79 Å². The van der Waals surface area contributed by atoms with Gasteiger partial charge >= 0.3 is 12.1 Å². The van der Waals surface area contributed by atoms with E-state index in [0.717, 1.165) is 19.1 Å². The van der Waals surface area contributed by atoms with Crippen LogP contribution in [0, 0.1) is 5.41 Å². The van der Waals surface area contributed by atoms with Gasteiger partial charge in [0.05, 0.1) is 18.9 Å². The maximum atomic E-state index is 12.7. The minimum atomic E-state index is -1.05. The van der Waals surface area contributed by atoms with Crippen LogP contribution in [0.3, 0.4) is 0 Å². The summed E-state index contributed by atoms with van der Waals surface area (Å²) in [4.78, 5) is 37.3. The van der Waals surface area contributed by atoms with Crippen LogP contribution in [-0.4, -0.2) is 36.6 Å². The summed E-state index contributed by atoms with van der Waals surface area (Å²) < 4.78 is 8.79. The van der Waals surface area contributed by atoms with E-state index in [2.05, 4.69) is 9.47 Å². The zero-order valence-corrected chi connectivity index (χ0v) is 13.4. The zero-order chi connectivity index (χ0) is 16.9. The lowest BCUT2D eigenvalue weighted by Crippen LogP contribution is -2.48. The van der Waals surface area contributed by atoms with E-state index in [0.29, 0.717) is 19.5 Å². The molecule has 1 unspecified atom stereocenters. The monoisotopic (exact) mass is 319 g/mol. The smallest absolute Gasteiger partial charge is 0.437 e. The summed E-state index contributed by atoms with van der Waals surface area (Å²) in [7, 11) is 1.13. The number of amides is 1. The normalized spacial score (nSPS) is 21.0. The molecule has 1 atom stereocenters. The first-order valence-corrected chi connectivity index (χ1v) is 7.56. The van der Waals surface area contributed by atoms with Crippen molar-refractivity contribution in [3.8, 4) is 0 Å². The quantitative estimate of drug-likeness (QED) is 0.630. The number of hydrogen-bond donors (Lipinski definition) is 0. The number of esters is 1. The summed E-state index contributed by atoms with van der Waals surface area (Å²) in [6.07, 6.45) is 0.211. The molecular weight excluding hydrogens is 298 g/mol. The number of piperidine rings is 1. The molecule has 0 radical (unpaired) electrons. The molecule has 0 aliphatic carbocycles. The minimum Gasteiger partial charge on any atom is -0.437 e. The Bertz CT molecular complexity index is 586. The van der Waals surface area contributed by atoms with Gasteiger partial charge in [0.25, 0.3) is 0 Å². The van der Waals surface area contributed by atoms with Crippen LogP contribution in [0.2, 0.25) is 0 Å². The van der Waals surface area contributed by atoms with Crippen molar-refractivity contribution in [1.82, 2.24) is 4.90 Å². The van der Waals surface area contributed by atoms with Gasteiger partial charge in [-0.05, 0) is 18.4 Å². The number of hydrogen-bond acceptors (Lipinski definition) is 5.